The topological polar surface area (TPSA) is 63.2 Å². The first-order chi connectivity index (χ1) is 9.83. The van der Waals surface area contributed by atoms with E-state index in [4.69, 9.17) is 4.74 Å². The molecule has 2 atom stereocenters. The van der Waals surface area contributed by atoms with Crippen molar-refractivity contribution in [2.75, 3.05) is 5.32 Å². The van der Waals surface area contributed by atoms with Gasteiger partial charge in [0.25, 0.3) is 0 Å². The third-order valence-corrected chi connectivity index (χ3v) is 3.90. The lowest BCUT2D eigenvalue weighted by Crippen LogP contribution is -2.38. The van der Waals surface area contributed by atoms with Crippen molar-refractivity contribution in [3.8, 4) is 0 Å². The summed E-state index contributed by atoms with van der Waals surface area (Å²) < 4.78 is 6.10. The van der Waals surface area contributed by atoms with Crippen molar-refractivity contribution >= 4 is 27.7 Å². The number of hydrogen-bond donors (Lipinski definition) is 2. The van der Waals surface area contributed by atoms with E-state index in [-0.39, 0.29) is 12.1 Å². The van der Waals surface area contributed by atoms with Gasteiger partial charge in [-0.15, -0.1) is 0 Å². The molecule has 5 nitrogen and oxygen atoms in total. The Labute approximate surface area is 134 Å². The standard InChI is InChI=1S/C15H22BrN3O2/c1-15(2,3)21-14(20)19-11-7-6-10(9-11)18-12-5-4-8-17-13(12)16/h4-5,8,10-11,18H,6-7,9H2,1-3H3,(H,19,20). The summed E-state index contributed by atoms with van der Waals surface area (Å²) in [6, 6.07) is 4.39. The smallest absolute Gasteiger partial charge is 0.407 e. The van der Waals surface area contributed by atoms with Gasteiger partial charge in [-0.1, -0.05) is 0 Å². The molecule has 0 aromatic carbocycles. The van der Waals surface area contributed by atoms with Crippen LogP contribution in [0.2, 0.25) is 0 Å². The number of aromatic nitrogens is 1. The molecule has 1 amide bonds. The highest BCUT2D eigenvalue weighted by Gasteiger charge is 2.27. The zero-order valence-electron chi connectivity index (χ0n) is 12.6. The molecule has 2 N–H and O–H groups in total. The molecular formula is C15H22BrN3O2. The number of alkyl carbamates (subject to hydrolysis) is 1. The maximum Gasteiger partial charge on any atom is 0.407 e. The first-order valence-electron chi connectivity index (χ1n) is 7.20. The number of carbonyl (C=O) groups is 1. The minimum atomic E-state index is -0.457. The fourth-order valence-electron chi connectivity index (χ4n) is 2.43. The van der Waals surface area contributed by atoms with Gasteiger partial charge in [0.2, 0.25) is 0 Å². The highest BCUT2D eigenvalue weighted by Crippen LogP contribution is 2.26. The second-order valence-corrected chi connectivity index (χ2v) is 7.09. The van der Waals surface area contributed by atoms with E-state index in [1.165, 1.54) is 0 Å². The van der Waals surface area contributed by atoms with E-state index < -0.39 is 5.60 Å². The molecule has 1 aromatic heterocycles. The number of halogens is 1. The van der Waals surface area contributed by atoms with Crippen LogP contribution < -0.4 is 10.6 Å². The highest BCUT2D eigenvalue weighted by atomic mass is 79.9. The number of nitrogens with one attached hydrogen (secondary N) is 2. The van der Waals surface area contributed by atoms with Gasteiger partial charge >= 0.3 is 6.09 Å². The van der Waals surface area contributed by atoms with Gasteiger partial charge < -0.3 is 15.4 Å². The molecule has 0 spiro atoms. The fourth-order valence-corrected chi connectivity index (χ4v) is 2.80. The van der Waals surface area contributed by atoms with Crippen LogP contribution in [0.4, 0.5) is 10.5 Å². The number of rotatable bonds is 3. The molecule has 2 unspecified atom stereocenters. The molecule has 1 heterocycles. The van der Waals surface area contributed by atoms with Crippen LogP contribution in [-0.4, -0.2) is 28.8 Å². The second kappa shape index (κ2) is 6.64. The van der Waals surface area contributed by atoms with Gasteiger partial charge in [0.1, 0.15) is 10.2 Å². The monoisotopic (exact) mass is 355 g/mol. The highest BCUT2D eigenvalue weighted by molar-refractivity contribution is 9.10. The van der Waals surface area contributed by atoms with Crippen LogP contribution in [-0.2, 0) is 4.74 Å². The molecule has 1 aromatic rings. The van der Waals surface area contributed by atoms with Gasteiger partial charge in [0, 0.05) is 18.3 Å². The Kier molecular flexibility index (Phi) is 5.08. The number of ether oxygens (including phenoxy) is 1. The van der Waals surface area contributed by atoms with E-state index in [1.807, 2.05) is 32.9 Å². The van der Waals surface area contributed by atoms with Crippen molar-refractivity contribution in [2.45, 2.75) is 57.7 Å². The Bertz CT molecular complexity index is 502. The summed E-state index contributed by atoms with van der Waals surface area (Å²) >= 11 is 3.43. The maximum atomic E-state index is 11.8. The largest absolute Gasteiger partial charge is 0.444 e. The summed E-state index contributed by atoms with van der Waals surface area (Å²) in [5.74, 6) is 0. The number of carbonyl (C=O) groups excluding carboxylic acids is 1. The van der Waals surface area contributed by atoms with Crippen molar-refractivity contribution in [1.82, 2.24) is 10.3 Å². The number of pyridine rings is 1. The van der Waals surface area contributed by atoms with E-state index in [0.29, 0.717) is 6.04 Å². The van der Waals surface area contributed by atoms with Crippen molar-refractivity contribution < 1.29 is 9.53 Å². The first kappa shape index (κ1) is 16.1. The molecule has 1 aliphatic rings. The Morgan fingerprint density at radius 2 is 2.10 bits per heavy atom. The molecule has 1 aliphatic carbocycles. The predicted octanol–water partition coefficient (Wildman–Crippen LogP) is 3.70. The van der Waals surface area contributed by atoms with Crippen molar-refractivity contribution in [2.24, 2.45) is 0 Å². The van der Waals surface area contributed by atoms with E-state index >= 15 is 0 Å². The molecule has 0 aliphatic heterocycles. The van der Waals surface area contributed by atoms with Gasteiger partial charge in [0.15, 0.2) is 0 Å². The Balaban J connectivity index is 1.81. The van der Waals surface area contributed by atoms with Gasteiger partial charge in [-0.2, -0.15) is 0 Å². The molecule has 1 fully saturated rings. The quantitative estimate of drug-likeness (QED) is 0.811. The van der Waals surface area contributed by atoms with Gasteiger partial charge in [0.05, 0.1) is 5.69 Å². The maximum absolute atomic E-state index is 11.8. The third-order valence-electron chi connectivity index (χ3n) is 3.27. The lowest BCUT2D eigenvalue weighted by molar-refractivity contribution is 0.0505. The second-order valence-electron chi connectivity index (χ2n) is 6.34. The SMILES string of the molecule is CC(C)(C)OC(=O)NC1CCC(Nc2cccnc2Br)C1. The van der Waals surface area contributed by atoms with Crippen LogP contribution in [0.3, 0.4) is 0 Å². The Hall–Kier alpha value is -1.30. The number of amides is 1. The molecule has 21 heavy (non-hydrogen) atoms. The van der Waals surface area contributed by atoms with Crippen molar-refractivity contribution in [3.63, 3.8) is 0 Å². The van der Waals surface area contributed by atoms with Crippen LogP contribution in [0.5, 0.6) is 0 Å². The predicted molar refractivity (Wildman–Crippen MR) is 86.4 cm³/mol. The van der Waals surface area contributed by atoms with Gasteiger partial charge in [-0.25, -0.2) is 9.78 Å². The molecule has 0 radical (unpaired) electrons. The Morgan fingerprint density at radius 3 is 2.76 bits per heavy atom. The lowest BCUT2D eigenvalue weighted by atomic mass is 10.2. The summed E-state index contributed by atoms with van der Waals surface area (Å²) in [6.07, 6.45) is 4.27. The summed E-state index contributed by atoms with van der Waals surface area (Å²) in [5.41, 5.74) is 0.529. The minimum Gasteiger partial charge on any atom is -0.444 e. The van der Waals surface area contributed by atoms with Crippen LogP contribution in [0.15, 0.2) is 22.9 Å². The van der Waals surface area contributed by atoms with Gasteiger partial charge in [-0.05, 0) is 68.1 Å². The number of anilines is 1. The zero-order chi connectivity index (χ0) is 15.5. The van der Waals surface area contributed by atoms with Crippen LogP contribution >= 0.6 is 15.9 Å². The zero-order valence-corrected chi connectivity index (χ0v) is 14.2. The fraction of sp³-hybridized carbons (Fsp3) is 0.600. The van der Waals surface area contributed by atoms with E-state index in [9.17, 15) is 4.79 Å². The van der Waals surface area contributed by atoms with Crippen molar-refractivity contribution in [3.05, 3.63) is 22.9 Å². The van der Waals surface area contributed by atoms with E-state index in [2.05, 4.69) is 31.5 Å². The normalized spacial score (nSPS) is 21.9. The number of nitrogens with zero attached hydrogens (tertiary/aromatic N) is 1. The summed E-state index contributed by atoms with van der Waals surface area (Å²) in [5, 5.41) is 6.40. The minimum absolute atomic E-state index is 0.160. The van der Waals surface area contributed by atoms with Crippen LogP contribution in [0, 0.1) is 0 Å². The summed E-state index contributed by atoms with van der Waals surface area (Å²) in [6.45, 7) is 5.60. The lowest BCUT2D eigenvalue weighted by Gasteiger charge is -2.22. The molecule has 1 saturated carbocycles. The molecule has 116 valence electrons. The first-order valence-corrected chi connectivity index (χ1v) is 7.99. The van der Waals surface area contributed by atoms with Crippen LogP contribution in [0.1, 0.15) is 40.0 Å². The molecular weight excluding hydrogens is 334 g/mol. The number of hydrogen-bond acceptors (Lipinski definition) is 4. The summed E-state index contributed by atoms with van der Waals surface area (Å²) in [4.78, 5) is 16.0. The third kappa shape index (κ3) is 5.19. The summed E-state index contributed by atoms with van der Waals surface area (Å²) in [7, 11) is 0. The average Bonchev–Trinajstić information content (AvgIpc) is 2.77. The molecule has 0 bridgehead atoms. The Morgan fingerprint density at radius 1 is 1.38 bits per heavy atom. The van der Waals surface area contributed by atoms with E-state index in [1.54, 1.807) is 6.20 Å². The van der Waals surface area contributed by atoms with Gasteiger partial charge in [-0.3, -0.25) is 0 Å². The van der Waals surface area contributed by atoms with Crippen LogP contribution in [0.25, 0.3) is 0 Å². The van der Waals surface area contributed by atoms with E-state index in [0.717, 1.165) is 29.6 Å². The average molecular weight is 356 g/mol. The molecule has 0 saturated heterocycles. The molecule has 6 heteroatoms. The molecule has 2 rings (SSSR count). The van der Waals surface area contributed by atoms with Crippen molar-refractivity contribution in [1.29, 1.82) is 0 Å².